The lowest BCUT2D eigenvalue weighted by Crippen LogP contribution is -2.53. The fraction of sp³-hybridized carbons (Fsp3) is 0.667. The lowest BCUT2D eigenvalue weighted by atomic mass is 9.91. The highest BCUT2D eigenvalue weighted by atomic mass is 16.3. The summed E-state index contributed by atoms with van der Waals surface area (Å²) in [5.41, 5.74) is 0.364. The molecule has 1 saturated heterocycles. The minimum Gasteiger partial charge on any atom is -0.459 e. The van der Waals surface area contributed by atoms with E-state index in [2.05, 4.69) is 36.0 Å². The number of guanidine groups is 1. The Hall–Kier alpha value is -1.98. The first-order valence-electron chi connectivity index (χ1n) is 8.69. The molecule has 134 valence electrons. The van der Waals surface area contributed by atoms with Crippen LogP contribution in [-0.4, -0.2) is 61.4 Å². The summed E-state index contributed by atoms with van der Waals surface area (Å²) in [6, 6.07) is 3.46. The molecule has 0 spiro atoms. The Balaban J connectivity index is 1.76. The van der Waals surface area contributed by atoms with Crippen LogP contribution >= 0.6 is 0 Å². The third-order valence-corrected chi connectivity index (χ3v) is 4.20. The van der Waals surface area contributed by atoms with Crippen LogP contribution in [0.1, 0.15) is 44.2 Å². The highest BCUT2D eigenvalue weighted by molar-refractivity contribution is 5.91. The molecule has 1 N–H and O–H groups in total. The van der Waals surface area contributed by atoms with E-state index in [1.54, 1.807) is 12.1 Å². The monoisotopic (exact) mass is 334 g/mol. The zero-order valence-electron chi connectivity index (χ0n) is 15.3. The molecule has 2 heterocycles. The number of aliphatic imine (C=N–C) groups is 1. The Morgan fingerprint density at radius 3 is 2.46 bits per heavy atom. The molecule has 0 aromatic carbocycles. The van der Waals surface area contributed by atoms with Crippen molar-refractivity contribution in [3.05, 3.63) is 24.2 Å². The first-order valence-corrected chi connectivity index (χ1v) is 8.69. The molecule has 6 heteroatoms. The van der Waals surface area contributed by atoms with Crippen molar-refractivity contribution in [2.24, 2.45) is 10.4 Å². The molecule has 6 nitrogen and oxygen atoms in total. The third kappa shape index (κ3) is 5.28. The van der Waals surface area contributed by atoms with Gasteiger partial charge in [-0.05, 0) is 30.4 Å². The van der Waals surface area contributed by atoms with Gasteiger partial charge in [-0.25, -0.2) is 0 Å². The third-order valence-electron chi connectivity index (χ3n) is 4.20. The molecular weight excluding hydrogens is 304 g/mol. The van der Waals surface area contributed by atoms with Crippen molar-refractivity contribution >= 4 is 11.9 Å². The molecular formula is C18H30N4O2. The van der Waals surface area contributed by atoms with Crippen LogP contribution in [0.2, 0.25) is 0 Å². The van der Waals surface area contributed by atoms with Crippen LogP contribution in [0.5, 0.6) is 0 Å². The maximum atomic E-state index is 12.3. The van der Waals surface area contributed by atoms with Gasteiger partial charge in [0.1, 0.15) is 0 Å². The quantitative estimate of drug-likeness (QED) is 0.522. The second-order valence-electron chi connectivity index (χ2n) is 7.39. The molecule has 1 aromatic heterocycles. The SMILES string of the molecule is CN=C(NCCCC(C)(C)C)N1CCN(C(=O)c2ccco2)CC1. The van der Waals surface area contributed by atoms with E-state index < -0.39 is 0 Å². The second-order valence-corrected chi connectivity index (χ2v) is 7.39. The van der Waals surface area contributed by atoms with Crippen LogP contribution in [0.25, 0.3) is 0 Å². The number of furan rings is 1. The summed E-state index contributed by atoms with van der Waals surface area (Å²) < 4.78 is 5.20. The fourth-order valence-electron chi connectivity index (χ4n) is 2.83. The Bertz CT molecular complexity index is 538. The van der Waals surface area contributed by atoms with Crippen LogP contribution in [0, 0.1) is 5.41 Å². The fourth-order valence-corrected chi connectivity index (χ4v) is 2.83. The number of carbonyl (C=O) groups is 1. The van der Waals surface area contributed by atoms with E-state index in [4.69, 9.17) is 4.42 Å². The zero-order valence-corrected chi connectivity index (χ0v) is 15.3. The van der Waals surface area contributed by atoms with Crippen LogP contribution in [0.3, 0.4) is 0 Å². The van der Waals surface area contributed by atoms with Crippen LogP contribution < -0.4 is 5.32 Å². The molecule has 1 aliphatic rings. The Morgan fingerprint density at radius 2 is 1.92 bits per heavy atom. The maximum Gasteiger partial charge on any atom is 0.289 e. The van der Waals surface area contributed by atoms with Crippen molar-refractivity contribution in [3.8, 4) is 0 Å². The van der Waals surface area contributed by atoms with Crippen LogP contribution in [-0.2, 0) is 0 Å². The largest absolute Gasteiger partial charge is 0.459 e. The van der Waals surface area contributed by atoms with Crippen molar-refractivity contribution in [3.63, 3.8) is 0 Å². The van der Waals surface area contributed by atoms with Crippen LogP contribution in [0.15, 0.2) is 27.8 Å². The normalized spacial score (nSPS) is 16.4. The van der Waals surface area contributed by atoms with Crippen molar-refractivity contribution in [2.75, 3.05) is 39.8 Å². The number of nitrogens with one attached hydrogen (secondary N) is 1. The number of nitrogens with zero attached hydrogens (tertiary/aromatic N) is 3. The minimum atomic E-state index is -0.0345. The second kappa shape index (κ2) is 8.22. The Kier molecular flexibility index (Phi) is 6.29. The van der Waals surface area contributed by atoms with Gasteiger partial charge in [0.05, 0.1) is 6.26 Å². The predicted molar refractivity (Wildman–Crippen MR) is 96.2 cm³/mol. The van der Waals surface area contributed by atoms with Gasteiger partial charge >= 0.3 is 0 Å². The molecule has 1 amide bonds. The van der Waals surface area contributed by atoms with E-state index in [9.17, 15) is 4.79 Å². The average molecular weight is 334 g/mol. The summed E-state index contributed by atoms with van der Waals surface area (Å²) in [4.78, 5) is 20.7. The van der Waals surface area contributed by atoms with Crippen LogP contribution in [0.4, 0.5) is 0 Å². The van der Waals surface area contributed by atoms with Gasteiger partial charge in [-0.3, -0.25) is 9.79 Å². The zero-order chi connectivity index (χ0) is 17.6. The number of amides is 1. The lowest BCUT2D eigenvalue weighted by molar-refractivity contribution is 0.0657. The number of rotatable bonds is 4. The van der Waals surface area contributed by atoms with E-state index in [0.717, 1.165) is 32.0 Å². The average Bonchev–Trinajstić information content (AvgIpc) is 3.08. The minimum absolute atomic E-state index is 0.0345. The number of hydrogen-bond donors (Lipinski definition) is 1. The van der Waals surface area contributed by atoms with Gasteiger partial charge in [0.25, 0.3) is 5.91 Å². The highest BCUT2D eigenvalue weighted by Gasteiger charge is 2.25. The van der Waals surface area contributed by atoms with E-state index in [1.165, 1.54) is 12.7 Å². The van der Waals surface area contributed by atoms with Crippen molar-refractivity contribution in [1.29, 1.82) is 0 Å². The molecule has 0 aliphatic carbocycles. The number of piperazine rings is 1. The summed E-state index contributed by atoms with van der Waals surface area (Å²) in [5, 5.41) is 3.44. The van der Waals surface area contributed by atoms with Crippen molar-refractivity contribution in [1.82, 2.24) is 15.1 Å². The molecule has 0 unspecified atom stereocenters. The number of hydrogen-bond acceptors (Lipinski definition) is 3. The number of carbonyl (C=O) groups excluding carboxylic acids is 1. The van der Waals surface area contributed by atoms with Gasteiger partial charge in [0.2, 0.25) is 0 Å². The van der Waals surface area contributed by atoms with Gasteiger partial charge in [-0.15, -0.1) is 0 Å². The van der Waals surface area contributed by atoms with Gasteiger partial charge in [-0.2, -0.15) is 0 Å². The van der Waals surface area contributed by atoms with Gasteiger partial charge in [0, 0.05) is 39.8 Å². The first-order chi connectivity index (χ1) is 11.4. The van der Waals surface area contributed by atoms with E-state index in [-0.39, 0.29) is 5.91 Å². The molecule has 0 saturated carbocycles. The molecule has 0 radical (unpaired) electrons. The molecule has 2 rings (SSSR count). The first kappa shape index (κ1) is 18.4. The maximum absolute atomic E-state index is 12.3. The van der Waals surface area contributed by atoms with E-state index in [0.29, 0.717) is 24.3 Å². The van der Waals surface area contributed by atoms with Gasteiger partial charge in [-0.1, -0.05) is 20.8 Å². The van der Waals surface area contributed by atoms with Gasteiger partial charge in [0.15, 0.2) is 11.7 Å². The molecule has 1 fully saturated rings. The summed E-state index contributed by atoms with van der Waals surface area (Å²) in [5.74, 6) is 1.30. The summed E-state index contributed by atoms with van der Waals surface area (Å²) in [6.45, 7) is 10.6. The lowest BCUT2D eigenvalue weighted by Gasteiger charge is -2.36. The highest BCUT2D eigenvalue weighted by Crippen LogP contribution is 2.19. The predicted octanol–water partition coefficient (Wildman–Crippen LogP) is 2.44. The van der Waals surface area contributed by atoms with Crippen molar-refractivity contribution < 1.29 is 9.21 Å². The van der Waals surface area contributed by atoms with E-state index >= 15 is 0 Å². The topological polar surface area (TPSA) is 61.1 Å². The Labute approximate surface area is 144 Å². The summed E-state index contributed by atoms with van der Waals surface area (Å²) >= 11 is 0. The Morgan fingerprint density at radius 1 is 1.25 bits per heavy atom. The standard InChI is InChI=1S/C18H30N4O2/c1-18(2,3)8-6-9-20-17(19-4)22-12-10-21(11-13-22)16(23)15-7-5-14-24-15/h5,7,14H,6,8-13H2,1-4H3,(H,19,20). The summed E-state index contributed by atoms with van der Waals surface area (Å²) in [7, 11) is 1.81. The molecule has 1 aromatic rings. The van der Waals surface area contributed by atoms with Gasteiger partial charge < -0.3 is 19.5 Å². The molecule has 24 heavy (non-hydrogen) atoms. The molecule has 0 bridgehead atoms. The molecule has 1 aliphatic heterocycles. The van der Waals surface area contributed by atoms with Crippen molar-refractivity contribution in [2.45, 2.75) is 33.6 Å². The smallest absolute Gasteiger partial charge is 0.289 e. The molecule has 0 atom stereocenters. The summed E-state index contributed by atoms with van der Waals surface area (Å²) in [6.07, 6.45) is 3.84. The van der Waals surface area contributed by atoms with E-state index in [1.807, 2.05) is 11.9 Å².